The molecule has 2 unspecified atom stereocenters. The van der Waals surface area contributed by atoms with Gasteiger partial charge in [-0.25, -0.2) is 4.39 Å². The summed E-state index contributed by atoms with van der Waals surface area (Å²) in [6.07, 6.45) is 2.01. The molecule has 2 N–H and O–H groups in total. The van der Waals surface area contributed by atoms with Crippen LogP contribution in [0.3, 0.4) is 0 Å². The van der Waals surface area contributed by atoms with Gasteiger partial charge in [0.25, 0.3) is 5.91 Å². The van der Waals surface area contributed by atoms with Crippen LogP contribution in [0, 0.1) is 17.2 Å². The fourth-order valence-corrected chi connectivity index (χ4v) is 3.20. The van der Waals surface area contributed by atoms with E-state index in [-0.39, 0.29) is 23.2 Å². The summed E-state index contributed by atoms with van der Waals surface area (Å²) in [7, 11) is 0. The number of benzene rings is 1. The van der Waals surface area contributed by atoms with Crippen LogP contribution in [0.15, 0.2) is 24.3 Å². The quantitative estimate of drug-likeness (QED) is 0.910. The van der Waals surface area contributed by atoms with Crippen LogP contribution < -0.4 is 5.73 Å². The number of nitrogens with two attached hydrogens (primary N) is 1. The highest BCUT2D eigenvalue weighted by Gasteiger charge is 2.31. The van der Waals surface area contributed by atoms with E-state index in [0.717, 1.165) is 19.4 Å². The van der Waals surface area contributed by atoms with Gasteiger partial charge in [0.15, 0.2) is 0 Å². The van der Waals surface area contributed by atoms with Crippen molar-refractivity contribution in [2.45, 2.75) is 39.7 Å². The van der Waals surface area contributed by atoms with Crippen LogP contribution in [0.5, 0.6) is 0 Å². The highest BCUT2D eigenvalue weighted by molar-refractivity contribution is 5.94. The van der Waals surface area contributed by atoms with Gasteiger partial charge >= 0.3 is 0 Å². The lowest BCUT2D eigenvalue weighted by Gasteiger charge is -2.38. The maximum Gasteiger partial charge on any atom is 0.253 e. The van der Waals surface area contributed by atoms with Crippen molar-refractivity contribution in [2.24, 2.45) is 17.1 Å². The third-order valence-electron chi connectivity index (χ3n) is 3.85. The third-order valence-corrected chi connectivity index (χ3v) is 3.85. The van der Waals surface area contributed by atoms with Crippen molar-refractivity contribution < 1.29 is 9.18 Å². The molecule has 0 bridgehead atoms. The molecule has 1 aliphatic heterocycles. The highest BCUT2D eigenvalue weighted by Crippen LogP contribution is 2.30. The molecular weight excluding hydrogens is 267 g/mol. The lowest BCUT2D eigenvalue weighted by Crippen LogP contribution is -2.50. The van der Waals surface area contributed by atoms with Gasteiger partial charge < -0.3 is 10.6 Å². The molecule has 0 aliphatic carbocycles. The van der Waals surface area contributed by atoms with Gasteiger partial charge in [-0.1, -0.05) is 20.8 Å². The Hall–Kier alpha value is -1.42. The first-order valence-electron chi connectivity index (χ1n) is 7.55. The van der Waals surface area contributed by atoms with Crippen molar-refractivity contribution in [3.05, 3.63) is 35.6 Å². The van der Waals surface area contributed by atoms with E-state index in [1.165, 1.54) is 24.3 Å². The molecule has 0 spiro atoms. The molecule has 1 aliphatic rings. The van der Waals surface area contributed by atoms with Crippen LogP contribution in [0.2, 0.25) is 0 Å². The Morgan fingerprint density at radius 2 is 1.90 bits per heavy atom. The van der Waals surface area contributed by atoms with Crippen LogP contribution in [-0.4, -0.2) is 29.9 Å². The van der Waals surface area contributed by atoms with Crippen molar-refractivity contribution in [1.82, 2.24) is 4.90 Å². The predicted molar refractivity (Wildman–Crippen MR) is 82.5 cm³/mol. The van der Waals surface area contributed by atoms with E-state index < -0.39 is 0 Å². The monoisotopic (exact) mass is 292 g/mol. The van der Waals surface area contributed by atoms with Crippen LogP contribution in [-0.2, 0) is 0 Å². The zero-order valence-corrected chi connectivity index (χ0v) is 13.1. The molecule has 1 amide bonds. The molecule has 21 heavy (non-hydrogen) atoms. The number of amides is 1. The molecule has 1 saturated heterocycles. The average Bonchev–Trinajstić information content (AvgIpc) is 2.36. The number of rotatable bonds is 2. The summed E-state index contributed by atoms with van der Waals surface area (Å²) in [4.78, 5) is 14.3. The number of halogens is 1. The normalized spacial score (nSPS) is 23.2. The van der Waals surface area contributed by atoms with Gasteiger partial charge in [0.05, 0.1) is 0 Å². The molecule has 0 radical (unpaired) electrons. The molecule has 0 aromatic heterocycles. The maximum absolute atomic E-state index is 13.0. The second-order valence-electron chi connectivity index (χ2n) is 7.34. The van der Waals surface area contributed by atoms with E-state index in [9.17, 15) is 9.18 Å². The lowest BCUT2D eigenvalue weighted by atomic mass is 9.80. The van der Waals surface area contributed by atoms with Crippen molar-refractivity contribution in [2.75, 3.05) is 13.1 Å². The minimum atomic E-state index is -0.326. The Morgan fingerprint density at radius 1 is 1.29 bits per heavy atom. The van der Waals surface area contributed by atoms with Crippen molar-refractivity contribution >= 4 is 5.91 Å². The van der Waals surface area contributed by atoms with Gasteiger partial charge in [-0.05, 0) is 48.4 Å². The van der Waals surface area contributed by atoms with Gasteiger partial charge in [0.2, 0.25) is 0 Å². The van der Waals surface area contributed by atoms with Crippen LogP contribution >= 0.6 is 0 Å². The molecule has 2 rings (SSSR count). The minimum absolute atomic E-state index is 0.0236. The first-order valence-corrected chi connectivity index (χ1v) is 7.55. The molecule has 1 fully saturated rings. The van der Waals surface area contributed by atoms with E-state index in [2.05, 4.69) is 20.8 Å². The fourth-order valence-electron chi connectivity index (χ4n) is 3.20. The minimum Gasteiger partial charge on any atom is -0.337 e. The van der Waals surface area contributed by atoms with Crippen molar-refractivity contribution in [1.29, 1.82) is 0 Å². The Balaban J connectivity index is 2.08. The summed E-state index contributed by atoms with van der Waals surface area (Å²) < 4.78 is 13.0. The van der Waals surface area contributed by atoms with Crippen LogP contribution in [0.1, 0.15) is 44.0 Å². The SMILES string of the molecule is CC(C)(C)CC1CC(N)CN(C(=O)c2ccc(F)cc2)C1. The van der Waals surface area contributed by atoms with Crippen molar-refractivity contribution in [3.63, 3.8) is 0 Å². The van der Waals surface area contributed by atoms with Crippen LogP contribution in [0.25, 0.3) is 0 Å². The van der Waals surface area contributed by atoms with Gasteiger partial charge in [-0.2, -0.15) is 0 Å². The number of hydrogen-bond donors (Lipinski definition) is 1. The third kappa shape index (κ3) is 4.53. The van der Waals surface area contributed by atoms with E-state index in [0.29, 0.717) is 18.0 Å². The number of carbonyl (C=O) groups is 1. The van der Waals surface area contributed by atoms with E-state index >= 15 is 0 Å². The summed E-state index contributed by atoms with van der Waals surface area (Å²) in [5.74, 6) is 0.0507. The molecule has 116 valence electrons. The first-order chi connectivity index (χ1) is 9.74. The largest absolute Gasteiger partial charge is 0.337 e. The number of hydrogen-bond acceptors (Lipinski definition) is 2. The molecule has 1 heterocycles. The second-order valence-corrected chi connectivity index (χ2v) is 7.34. The van der Waals surface area contributed by atoms with E-state index in [1.54, 1.807) is 0 Å². The molecule has 0 saturated carbocycles. The maximum atomic E-state index is 13.0. The Bertz CT molecular complexity index is 493. The molecule has 1 aromatic carbocycles. The molecule has 4 heteroatoms. The number of piperidine rings is 1. The zero-order chi connectivity index (χ0) is 15.6. The summed E-state index contributed by atoms with van der Waals surface area (Å²) in [6.45, 7) is 7.94. The predicted octanol–water partition coefficient (Wildman–Crippen LogP) is 3.05. The second kappa shape index (κ2) is 6.14. The van der Waals surface area contributed by atoms with E-state index in [1.807, 2.05) is 4.90 Å². The van der Waals surface area contributed by atoms with Gasteiger partial charge in [0, 0.05) is 24.7 Å². The van der Waals surface area contributed by atoms with Crippen LogP contribution in [0.4, 0.5) is 4.39 Å². The Kier molecular flexibility index (Phi) is 4.67. The van der Waals surface area contributed by atoms with Crippen molar-refractivity contribution in [3.8, 4) is 0 Å². The topological polar surface area (TPSA) is 46.3 Å². The summed E-state index contributed by atoms with van der Waals surface area (Å²) >= 11 is 0. The lowest BCUT2D eigenvalue weighted by molar-refractivity contribution is 0.0613. The van der Waals surface area contributed by atoms with Gasteiger partial charge in [-0.3, -0.25) is 4.79 Å². The number of nitrogens with zero attached hydrogens (tertiary/aromatic N) is 1. The smallest absolute Gasteiger partial charge is 0.253 e. The molecule has 1 aromatic rings. The Labute approximate surface area is 126 Å². The summed E-state index contributed by atoms with van der Waals surface area (Å²) in [5.41, 5.74) is 6.88. The summed E-state index contributed by atoms with van der Waals surface area (Å²) in [5, 5.41) is 0. The van der Waals surface area contributed by atoms with Gasteiger partial charge in [-0.15, -0.1) is 0 Å². The molecular formula is C17H25FN2O. The van der Waals surface area contributed by atoms with E-state index in [4.69, 9.17) is 5.73 Å². The molecule has 3 nitrogen and oxygen atoms in total. The summed E-state index contributed by atoms with van der Waals surface area (Å²) in [6, 6.07) is 5.75. The number of carbonyl (C=O) groups excluding carboxylic acids is 1. The first kappa shape index (κ1) is 16.0. The van der Waals surface area contributed by atoms with Gasteiger partial charge in [0.1, 0.15) is 5.82 Å². The zero-order valence-electron chi connectivity index (χ0n) is 13.1. The standard InChI is InChI=1S/C17H25FN2O/c1-17(2,3)9-12-8-15(19)11-20(10-12)16(21)13-4-6-14(18)7-5-13/h4-7,12,15H,8-11,19H2,1-3H3. The fraction of sp³-hybridized carbons (Fsp3) is 0.588. The average molecular weight is 292 g/mol. The number of likely N-dealkylation sites (tertiary alicyclic amines) is 1. The highest BCUT2D eigenvalue weighted by atomic mass is 19.1. The Morgan fingerprint density at radius 3 is 2.48 bits per heavy atom. The molecule has 2 atom stereocenters.